The van der Waals surface area contributed by atoms with Gasteiger partial charge in [-0.3, -0.25) is 9.69 Å². The minimum atomic E-state index is -0.362. The fraction of sp³-hybridized carbons (Fsp3) is 0.533. The van der Waals surface area contributed by atoms with Gasteiger partial charge in [0.1, 0.15) is 0 Å². The Morgan fingerprint density at radius 2 is 2.21 bits per heavy atom. The van der Waals surface area contributed by atoms with E-state index < -0.39 is 0 Å². The molecule has 4 heteroatoms. The molecular formula is C15H22N2O2. The molecule has 0 aromatic heterocycles. The molecule has 0 bridgehead atoms. The predicted molar refractivity (Wildman–Crippen MR) is 74.7 cm³/mol. The van der Waals surface area contributed by atoms with E-state index in [2.05, 4.69) is 4.90 Å². The first-order valence-corrected chi connectivity index (χ1v) is 6.91. The SMILES string of the molecule is NC(=O)c1ccccc1CN1CCCC(CCO)C1. The van der Waals surface area contributed by atoms with Gasteiger partial charge in [-0.1, -0.05) is 18.2 Å². The second-order valence-electron chi connectivity index (χ2n) is 5.28. The lowest BCUT2D eigenvalue weighted by Gasteiger charge is -2.32. The maximum Gasteiger partial charge on any atom is 0.249 e. The van der Waals surface area contributed by atoms with E-state index in [4.69, 9.17) is 10.8 Å². The molecule has 1 fully saturated rings. The molecule has 19 heavy (non-hydrogen) atoms. The molecule has 1 saturated heterocycles. The number of piperidine rings is 1. The van der Waals surface area contributed by atoms with Crippen LogP contribution < -0.4 is 5.73 Å². The van der Waals surface area contributed by atoms with Crippen LogP contribution in [-0.2, 0) is 6.54 Å². The van der Waals surface area contributed by atoms with E-state index in [0.29, 0.717) is 11.5 Å². The van der Waals surface area contributed by atoms with E-state index in [1.807, 2.05) is 18.2 Å². The number of aliphatic hydroxyl groups is 1. The number of likely N-dealkylation sites (tertiary alicyclic amines) is 1. The first kappa shape index (κ1) is 14.0. The number of aliphatic hydroxyl groups excluding tert-OH is 1. The number of hydrogen-bond acceptors (Lipinski definition) is 3. The lowest BCUT2D eigenvalue weighted by atomic mass is 9.94. The number of amides is 1. The van der Waals surface area contributed by atoms with Crippen LogP contribution in [0.25, 0.3) is 0 Å². The van der Waals surface area contributed by atoms with Crippen LogP contribution in [0.3, 0.4) is 0 Å². The number of rotatable bonds is 5. The van der Waals surface area contributed by atoms with Gasteiger partial charge in [0.05, 0.1) is 0 Å². The quantitative estimate of drug-likeness (QED) is 0.842. The monoisotopic (exact) mass is 262 g/mol. The van der Waals surface area contributed by atoms with Crippen molar-refractivity contribution in [2.75, 3.05) is 19.7 Å². The third-order valence-corrected chi connectivity index (χ3v) is 3.82. The standard InChI is InChI=1S/C15H22N2O2/c16-15(19)14-6-2-1-5-13(14)11-17-8-3-4-12(10-17)7-9-18/h1-2,5-6,12,18H,3-4,7-11H2,(H2,16,19). The van der Waals surface area contributed by atoms with Crippen LogP contribution in [0.4, 0.5) is 0 Å². The van der Waals surface area contributed by atoms with E-state index in [1.54, 1.807) is 6.07 Å². The smallest absolute Gasteiger partial charge is 0.249 e. The van der Waals surface area contributed by atoms with E-state index in [9.17, 15) is 4.79 Å². The van der Waals surface area contributed by atoms with Crippen molar-refractivity contribution < 1.29 is 9.90 Å². The molecule has 1 heterocycles. The average molecular weight is 262 g/mol. The number of carbonyl (C=O) groups is 1. The molecule has 1 aliphatic rings. The van der Waals surface area contributed by atoms with E-state index in [1.165, 1.54) is 6.42 Å². The minimum absolute atomic E-state index is 0.260. The Hall–Kier alpha value is -1.39. The van der Waals surface area contributed by atoms with Crippen molar-refractivity contribution in [3.8, 4) is 0 Å². The molecule has 0 aliphatic carbocycles. The van der Waals surface area contributed by atoms with Crippen LogP contribution in [0, 0.1) is 5.92 Å². The van der Waals surface area contributed by atoms with Gasteiger partial charge in [0.2, 0.25) is 5.91 Å². The molecule has 1 aliphatic heterocycles. The largest absolute Gasteiger partial charge is 0.396 e. The molecule has 104 valence electrons. The minimum Gasteiger partial charge on any atom is -0.396 e. The molecule has 1 amide bonds. The zero-order valence-corrected chi connectivity index (χ0v) is 11.2. The fourth-order valence-corrected chi connectivity index (χ4v) is 2.85. The molecular weight excluding hydrogens is 240 g/mol. The first-order valence-electron chi connectivity index (χ1n) is 6.91. The molecule has 1 aromatic carbocycles. The molecule has 4 nitrogen and oxygen atoms in total. The summed E-state index contributed by atoms with van der Waals surface area (Å²) in [5.41, 5.74) is 7.02. The Balaban J connectivity index is 2.02. The highest BCUT2D eigenvalue weighted by atomic mass is 16.3. The number of hydrogen-bond donors (Lipinski definition) is 2. The average Bonchev–Trinajstić information content (AvgIpc) is 2.40. The van der Waals surface area contributed by atoms with Gasteiger partial charge in [-0.25, -0.2) is 0 Å². The Morgan fingerprint density at radius 1 is 1.42 bits per heavy atom. The lowest BCUT2D eigenvalue weighted by Crippen LogP contribution is -2.35. The zero-order chi connectivity index (χ0) is 13.7. The summed E-state index contributed by atoms with van der Waals surface area (Å²) in [5, 5.41) is 9.03. The third-order valence-electron chi connectivity index (χ3n) is 3.82. The van der Waals surface area contributed by atoms with Gasteiger partial charge in [0.25, 0.3) is 0 Å². The Bertz CT molecular complexity index is 432. The summed E-state index contributed by atoms with van der Waals surface area (Å²) in [7, 11) is 0. The van der Waals surface area contributed by atoms with E-state index in [-0.39, 0.29) is 12.5 Å². The highest BCUT2D eigenvalue weighted by molar-refractivity contribution is 5.94. The van der Waals surface area contributed by atoms with Crippen LogP contribution in [0.2, 0.25) is 0 Å². The van der Waals surface area contributed by atoms with Gasteiger partial charge < -0.3 is 10.8 Å². The number of primary amides is 1. The molecule has 0 spiro atoms. The normalized spacial score (nSPS) is 20.4. The first-order chi connectivity index (χ1) is 9.20. The van der Waals surface area contributed by atoms with Crippen LogP contribution >= 0.6 is 0 Å². The number of carbonyl (C=O) groups excluding carboxylic acids is 1. The van der Waals surface area contributed by atoms with Crippen molar-refractivity contribution in [2.24, 2.45) is 11.7 Å². The Kier molecular flexibility index (Phi) is 4.93. The van der Waals surface area contributed by atoms with Crippen LogP contribution in [0.5, 0.6) is 0 Å². The van der Waals surface area contributed by atoms with Gasteiger partial charge in [-0.2, -0.15) is 0 Å². The number of benzene rings is 1. The van der Waals surface area contributed by atoms with Crippen LogP contribution in [-0.4, -0.2) is 35.6 Å². The lowest BCUT2D eigenvalue weighted by molar-refractivity contribution is 0.0996. The Labute approximate surface area is 114 Å². The topological polar surface area (TPSA) is 66.6 Å². The molecule has 1 atom stereocenters. The second kappa shape index (κ2) is 6.68. The maximum absolute atomic E-state index is 11.4. The highest BCUT2D eigenvalue weighted by Crippen LogP contribution is 2.21. The number of nitrogens with zero attached hydrogens (tertiary/aromatic N) is 1. The van der Waals surface area contributed by atoms with Crippen molar-refractivity contribution in [3.05, 3.63) is 35.4 Å². The summed E-state index contributed by atoms with van der Waals surface area (Å²) in [6.07, 6.45) is 3.21. The molecule has 1 aromatic rings. The van der Waals surface area contributed by atoms with Gasteiger partial charge in [0, 0.05) is 25.3 Å². The van der Waals surface area contributed by atoms with Crippen molar-refractivity contribution in [1.82, 2.24) is 4.90 Å². The fourth-order valence-electron chi connectivity index (χ4n) is 2.85. The highest BCUT2D eigenvalue weighted by Gasteiger charge is 2.20. The molecule has 3 N–H and O–H groups in total. The van der Waals surface area contributed by atoms with Crippen LogP contribution in [0.1, 0.15) is 35.2 Å². The van der Waals surface area contributed by atoms with Gasteiger partial charge in [-0.05, 0) is 43.4 Å². The molecule has 0 saturated carbocycles. The summed E-state index contributed by atoms with van der Waals surface area (Å²) >= 11 is 0. The Morgan fingerprint density at radius 3 is 2.95 bits per heavy atom. The predicted octanol–water partition coefficient (Wildman–Crippen LogP) is 1.38. The zero-order valence-electron chi connectivity index (χ0n) is 11.2. The molecule has 0 radical (unpaired) electrons. The van der Waals surface area contributed by atoms with Crippen molar-refractivity contribution in [1.29, 1.82) is 0 Å². The summed E-state index contributed by atoms with van der Waals surface area (Å²) < 4.78 is 0. The second-order valence-corrected chi connectivity index (χ2v) is 5.28. The molecule has 1 unspecified atom stereocenters. The summed E-state index contributed by atoms with van der Waals surface area (Å²) in [5.74, 6) is 0.207. The van der Waals surface area contributed by atoms with Gasteiger partial charge >= 0.3 is 0 Å². The van der Waals surface area contributed by atoms with Crippen molar-refractivity contribution in [2.45, 2.75) is 25.8 Å². The van der Waals surface area contributed by atoms with Gasteiger partial charge in [0.15, 0.2) is 0 Å². The van der Waals surface area contributed by atoms with Crippen molar-refractivity contribution >= 4 is 5.91 Å². The third kappa shape index (κ3) is 3.78. The van der Waals surface area contributed by atoms with Crippen LogP contribution in [0.15, 0.2) is 24.3 Å². The number of nitrogens with two attached hydrogens (primary N) is 1. The van der Waals surface area contributed by atoms with E-state index >= 15 is 0 Å². The molecule has 2 rings (SSSR count). The summed E-state index contributed by atoms with van der Waals surface area (Å²) in [6, 6.07) is 7.54. The summed E-state index contributed by atoms with van der Waals surface area (Å²) in [4.78, 5) is 13.8. The maximum atomic E-state index is 11.4. The summed E-state index contributed by atoms with van der Waals surface area (Å²) in [6.45, 7) is 3.07. The van der Waals surface area contributed by atoms with Gasteiger partial charge in [-0.15, -0.1) is 0 Å². The van der Waals surface area contributed by atoms with E-state index in [0.717, 1.165) is 38.0 Å². The van der Waals surface area contributed by atoms with Crippen molar-refractivity contribution in [3.63, 3.8) is 0 Å².